The number of nitrogens with zero attached hydrogens (tertiary/aromatic N) is 4. The van der Waals surface area contributed by atoms with Crippen LogP contribution in [0.2, 0.25) is 0 Å². The molecule has 2 aliphatic carbocycles. The summed E-state index contributed by atoms with van der Waals surface area (Å²) in [6.07, 6.45) is 11.6. The Hall–Kier alpha value is -1.66. The SMILES string of the molecule is c1n[nH]cc1CN1Cc2cn(CC3CC3)nc2C(COCC2CC2)C1. The number of ether oxygens (including phenoxy) is 1. The van der Waals surface area contributed by atoms with Gasteiger partial charge in [0.25, 0.3) is 0 Å². The second-order valence-corrected chi connectivity index (χ2v) is 8.16. The molecule has 0 aromatic carbocycles. The topological polar surface area (TPSA) is 59.0 Å². The van der Waals surface area contributed by atoms with Gasteiger partial charge in [-0.3, -0.25) is 14.7 Å². The highest BCUT2D eigenvalue weighted by molar-refractivity contribution is 5.25. The van der Waals surface area contributed by atoms with Gasteiger partial charge in [-0.05, 0) is 37.5 Å². The van der Waals surface area contributed by atoms with E-state index in [1.54, 1.807) is 0 Å². The lowest BCUT2D eigenvalue weighted by Gasteiger charge is -2.31. The normalized spacial score (nSPS) is 23.8. The number of hydrogen-bond donors (Lipinski definition) is 1. The van der Waals surface area contributed by atoms with E-state index in [1.165, 1.54) is 42.5 Å². The minimum Gasteiger partial charge on any atom is -0.380 e. The van der Waals surface area contributed by atoms with Crippen LogP contribution in [0.15, 0.2) is 18.6 Å². The Morgan fingerprint density at radius 2 is 2.04 bits per heavy atom. The Kier molecular flexibility index (Phi) is 4.10. The summed E-state index contributed by atoms with van der Waals surface area (Å²) < 4.78 is 8.24. The smallest absolute Gasteiger partial charge is 0.0736 e. The van der Waals surface area contributed by atoms with Crippen LogP contribution in [0.25, 0.3) is 0 Å². The van der Waals surface area contributed by atoms with E-state index >= 15 is 0 Å². The third kappa shape index (κ3) is 3.80. The van der Waals surface area contributed by atoms with Gasteiger partial charge in [0, 0.05) is 62.2 Å². The van der Waals surface area contributed by atoms with Crippen LogP contribution in [-0.4, -0.2) is 44.6 Å². The minimum atomic E-state index is 0.384. The molecule has 2 fully saturated rings. The monoisotopic (exact) mass is 341 g/mol. The Morgan fingerprint density at radius 3 is 2.80 bits per heavy atom. The fourth-order valence-corrected chi connectivity index (χ4v) is 3.84. The molecule has 0 bridgehead atoms. The number of nitrogens with one attached hydrogen (secondary N) is 1. The fraction of sp³-hybridized carbons (Fsp3) is 0.684. The molecule has 5 rings (SSSR count). The van der Waals surface area contributed by atoms with Crippen LogP contribution in [0.3, 0.4) is 0 Å². The molecule has 0 radical (unpaired) electrons. The zero-order valence-electron chi connectivity index (χ0n) is 14.7. The van der Waals surface area contributed by atoms with E-state index in [2.05, 4.69) is 26.0 Å². The summed E-state index contributed by atoms with van der Waals surface area (Å²) in [5.74, 6) is 2.06. The zero-order chi connectivity index (χ0) is 16.6. The maximum atomic E-state index is 6.05. The summed E-state index contributed by atoms with van der Waals surface area (Å²) in [5, 5.41) is 11.9. The van der Waals surface area contributed by atoms with E-state index in [0.29, 0.717) is 5.92 Å². The highest BCUT2D eigenvalue weighted by Gasteiger charge is 2.31. The van der Waals surface area contributed by atoms with Gasteiger partial charge >= 0.3 is 0 Å². The average Bonchev–Trinajstić information content (AvgIpc) is 3.49. The first-order chi connectivity index (χ1) is 12.3. The van der Waals surface area contributed by atoms with Gasteiger partial charge in [-0.2, -0.15) is 10.2 Å². The summed E-state index contributed by atoms with van der Waals surface area (Å²) in [7, 11) is 0. The molecule has 2 saturated carbocycles. The largest absolute Gasteiger partial charge is 0.380 e. The number of fused-ring (bicyclic) bond motifs is 1. The van der Waals surface area contributed by atoms with Crippen molar-refractivity contribution in [3.63, 3.8) is 0 Å². The van der Waals surface area contributed by atoms with Gasteiger partial charge < -0.3 is 4.74 Å². The van der Waals surface area contributed by atoms with Crippen LogP contribution in [0.1, 0.15) is 48.4 Å². The number of rotatable bonds is 8. The molecule has 6 nitrogen and oxygen atoms in total. The van der Waals surface area contributed by atoms with Gasteiger partial charge in [0.2, 0.25) is 0 Å². The molecule has 3 aliphatic rings. The van der Waals surface area contributed by atoms with Crippen LogP contribution in [0, 0.1) is 11.8 Å². The highest BCUT2D eigenvalue weighted by Crippen LogP contribution is 2.34. The second-order valence-electron chi connectivity index (χ2n) is 8.16. The van der Waals surface area contributed by atoms with E-state index in [0.717, 1.165) is 51.2 Å². The molecule has 0 amide bonds. The molecule has 0 spiro atoms. The van der Waals surface area contributed by atoms with Crippen molar-refractivity contribution in [2.45, 2.75) is 51.2 Å². The van der Waals surface area contributed by atoms with Crippen molar-refractivity contribution in [2.75, 3.05) is 19.8 Å². The number of aromatic nitrogens is 4. The molecule has 134 valence electrons. The molecular formula is C19H27N5O. The van der Waals surface area contributed by atoms with E-state index in [1.807, 2.05) is 12.4 Å². The molecule has 0 saturated heterocycles. The van der Waals surface area contributed by atoms with Gasteiger partial charge in [-0.15, -0.1) is 0 Å². The molecule has 1 unspecified atom stereocenters. The van der Waals surface area contributed by atoms with E-state index in [-0.39, 0.29) is 0 Å². The van der Waals surface area contributed by atoms with Crippen molar-refractivity contribution >= 4 is 0 Å². The Bertz CT molecular complexity index is 701. The summed E-state index contributed by atoms with van der Waals surface area (Å²) in [6.45, 7) is 5.74. The molecule has 3 heterocycles. The van der Waals surface area contributed by atoms with Crippen LogP contribution < -0.4 is 0 Å². The summed E-state index contributed by atoms with van der Waals surface area (Å²) in [5.41, 5.74) is 3.90. The average molecular weight is 341 g/mol. The maximum Gasteiger partial charge on any atom is 0.0736 e. The Labute approximate surface area is 148 Å². The van der Waals surface area contributed by atoms with Crippen LogP contribution in [0.4, 0.5) is 0 Å². The van der Waals surface area contributed by atoms with Gasteiger partial charge in [0.15, 0.2) is 0 Å². The maximum absolute atomic E-state index is 6.05. The highest BCUT2D eigenvalue weighted by atomic mass is 16.5. The molecule has 1 aliphatic heterocycles. The molecule has 2 aromatic rings. The van der Waals surface area contributed by atoms with Crippen molar-refractivity contribution in [3.8, 4) is 0 Å². The lowest BCUT2D eigenvalue weighted by Crippen LogP contribution is -2.34. The summed E-state index contributed by atoms with van der Waals surface area (Å²) >= 11 is 0. The predicted octanol–water partition coefficient (Wildman–Crippen LogP) is 2.54. The standard InChI is InChI=1S/C19H27N5O/c1-2-14(1)8-24-11-17-9-23(7-16-5-20-21-6-16)10-18(19(17)22-24)13-25-12-15-3-4-15/h5-6,11,14-15,18H,1-4,7-10,12-13H2,(H,20,21). The Balaban J connectivity index is 1.30. The van der Waals surface area contributed by atoms with Crippen molar-refractivity contribution in [3.05, 3.63) is 35.4 Å². The lowest BCUT2D eigenvalue weighted by molar-refractivity contribution is 0.0881. The lowest BCUT2D eigenvalue weighted by atomic mass is 9.97. The van der Waals surface area contributed by atoms with Gasteiger partial charge in [-0.1, -0.05) is 0 Å². The molecular weight excluding hydrogens is 314 g/mol. The second kappa shape index (κ2) is 6.57. The summed E-state index contributed by atoms with van der Waals surface area (Å²) in [6, 6.07) is 0. The number of H-pyrrole nitrogens is 1. The van der Waals surface area contributed by atoms with Crippen molar-refractivity contribution in [2.24, 2.45) is 11.8 Å². The third-order valence-corrected chi connectivity index (χ3v) is 5.60. The molecule has 2 aromatic heterocycles. The predicted molar refractivity (Wildman–Crippen MR) is 93.9 cm³/mol. The molecule has 25 heavy (non-hydrogen) atoms. The summed E-state index contributed by atoms with van der Waals surface area (Å²) in [4.78, 5) is 2.50. The molecule has 6 heteroatoms. The van der Waals surface area contributed by atoms with Crippen molar-refractivity contribution < 1.29 is 4.74 Å². The first-order valence-electron chi connectivity index (χ1n) is 9.67. The first-order valence-corrected chi connectivity index (χ1v) is 9.67. The van der Waals surface area contributed by atoms with E-state index < -0.39 is 0 Å². The van der Waals surface area contributed by atoms with E-state index in [4.69, 9.17) is 9.84 Å². The third-order valence-electron chi connectivity index (χ3n) is 5.60. The minimum absolute atomic E-state index is 0.384. The van der Waals surface area contributed by atoms with Gasteiger partial charge in [0.1, 0.15) is 0 Å². The van der Waals surface area contributed by atoms with Crippen molar-refractivity contribution in [1.82, 2.24) is 24.9 Å². The van der Waals surface area contributed by atoms with Crippen molar-refractivity contribution in [1.29, 1.82) is 0 Å². The zero-order valence-corrected chi connectivity index (χ0v) is 14.7. The van der Waals surface area contributed by atoms with Gasteiger partial charge in [0.05, 0.1) is 18.5 Å². The van der Waals surface area contributed by atoms with Gasteiger partial charge in [-0.25, -0.2) is 0 Å². The van der Waals surface area contributed by atoms with E-state index in [9.17, 15) is 0 Å². The quantitative estimate of drug-likeness (QED) is 0.802. The number of aromatic amines is 1. The first kappa shape index (κ1) is 15.6. The molecule has 1 N–H and O–H groups in total. The van der Waals surface area contributed by atoms with Crippen LogP contribution in [-0.2, 0) is 24.4 Å². The fourth-order valence-electron chi connectivity index (χ4n) is 3.84. The van der Waals surface area contributed by atoms with Crippen LogP contribution in [0.5, 0.6) is 0 Å². The number of hydrogen-bond acceptors (Lipinski definition) is 4. The van der Waals surface area contributed by atoms with Crippen LogP contribution >= 0.6 is 0 Å². The molecule has 1 atom stereocenters. The Morgan fingerprint density at radius 1 is 1.16 bits per heavy atom.